The van der Waals surface area contributed by atoms with Crippen molar-refractivity contribution >= 4 is 46.1 Å². The van der Waals surface area contributed by atoms with Crippen LogP contribution in [0.1, 0.15) is 10.4 Å². The second-order valence-corrected chi connectivity index (χ2v) is 5.81. The SMILES string of the molecule is COC(=O)C1COCCN1C(=O)c1ccc(I)c(Cl)c1. The summed E-state index contributed by atoms with van der Waals surface area (Å²) in [6.45, 7) is 0.899. The molecule has 0 bridgehead atoms. The lowest BCUT2D eigenvalue weighted by Gasteiger charge is -2.33. The fourth-order valence-corrected chi connectivity index (χ4v) is 2.49. The molecule has 1 saturated heterocycles. The summed E-state index contributed by atoms with van der Waals surface area (Å²) in [7, 11) is 1.29. The van der Waals surface area contributed by atoms with Crippen molar-refractivity contribution in [3.8, 4) is 0 Å². The van der Waals surface area contributed by atoms with Crippen molar-refractivity contribution in [1.82, 2.24) is 4.90 Å². The smallest absolute Gasteiger partial charge is 0.331 e. The molecule has 0 aromatic heterocycles. The highest BCUT2D eigenvalue weighted by molar-refractivity contribution is 14.1. The van der Waals surface area contributed by atoms with E-state index in [0.717, 1.165) is 3.57 Å². The van der Waals surface area contributed by atoms with Gasteiger partial charge in [0.25, 0.3) is 5.91 Å². The van der Waals surface area contributed by atoms with E-state index in [9.17, 15) is 9.59 Å². The van der Waals surface area contributed by atoms with Gasteiger partial charge in [0.2, 0.25) is 0 Å². The van der Waals surface area contributed by atoms with E-state index in [4.69, 9.17) is 21.1 Å². The van der Waals surface area contributed by atoms with E-state index in [1.807, 2.05) is 0 Å². The van der Waals surface area contributed by atoms with Crippen LogP contribution in [0.5, 0.6) is 0 Å². The first-order valence-electron chi connectivity index (χ1n) is 5.96. The third-order valence-electron chi connectivity index (χ3n) is 3.03. The van der Waals surface area contributed by atoms with Gasteiger partial charge in [-0.15, -0.1) is 0 Å². The van der Waals surface area contributed by atoms with E-state index in [1.165, 1.54) is 12.0 Å². The number of hydrogen-bond donors (Lipinski definition) is 0. The molecule has 108 valence electrons. The Labute approximate surface area is 135 Å². The van der Waals surface area contributed by atoms with Crippen molar-refractivity contribution in [2.45, 2.75) is 6.04 Å². The number of benzene rings is 1. The van der Waals surface area contributed by atoms with Crippen LogP contribution in [0.3, 0.4) is 0 Å². The molecular weight excluding hydrogens is 397 g/mol. The van der Waals surface area contributed by atoms with Crippen LogP contribution in [0.15, 0.2) is 18.2 Å². The van der Waals surface area contributed by atoms with Gasteiger partial charge in [-0.25, -0.2) is 4.79 Å². The Balaban J connectivity index is 2.25. The van der Waals surface area contributed by atoms with Gasteiger partial charge < -0.3 is 14.4 Å². The first-order chi connectivity index (χ1) is 9.54. The van der Waals surface area contributed by atoms with E-state index in [1.54, 1.807) is 18.2 Å². The number of rotatable bonds is 2. The number of halogens is 2. The summed E-state index contributed by atoms with van der Waals surface area (Å²) in [6.07, 6.45) is 0. The highest BCUT2D eigenvalue weighted by Gasteiger charge is 2.34. The summed E-state index contributed by atoms with van der Waals surface area (Å²) >= 11 is 8.12. The molecular formula is C13H13ClINO4. The summed E-state index contributed by atoms with van der Waals surface area (Å²) in [5.41, 5.74) is 0.450. The monoisotopic (exact) mass is 409 g/mol. The number of morpholine rings is 1. The van der Waals surface area contributed by atoms with Crippen molar-refractivity contribution < 1.29 is 19.1 Å². The first-order valence-corrected chi connectivity index (χ1v) is 7.42. The van der Waals surface area contributed by atoms with Crippen LogP contribution in [-0.2, 0) is 14.3 Å². The maximum Gasteiger partial charge on any atom is 0.331 e. The van der Waals surface area contributed by atoms with Crippen LogP contribution in [0, 0.1) is 3.57 Å². The van der Waals surface area contributed by atoms with Crippen molar-refractivity contribution in [1.29, 1.82) is 0 Å². The number of esters is 1. The van der Waals surface area contributed by atoms with Gasteiger partial charge in [0.1, 0.15) is 0 Å². The Morgan fingerprint density at radius 1 is 1.50 bits per heavy atom. The fourth-order valence-electron chi connectivity index (χ4n) is 1.97. The molecule has 1 atom stereocenters. The number of ether oxygens (including phenoxy) is 2. The van der Waals surface area contributed by atoms with E-state index in [0.29, 0.717) is 23.7 Å². The molecule has 2 rings (SSSR count). The zero-order valence-electron chi connectivity index (χ0n) is 10.8. The Hall–Kier alpha value is -0.860. The maximum absolute atomic E-state index is 12.5. The average molecular weight is 410 g/mol. The zero-order valence-corrected chi connectivity index (χ0v) is 13.7. The van der Waals surface area contributed by atoms with E-state index < -0.39 is 12.0 Å². The summed E-state index contributed by atoms with van der Waals surface area (Å²) in [6, 6.07) is 4.36. The second kappa shape index (κ2) is 6.73. The molecule has 0 radical (unpaired) electrons. The number of hydrogen-bond acceptors (Lipinski definition) is 4. The van der Waals surface area contributed by atoms with Gasteiger partial charge in [0, 0.05) is 15.7 Å². The average Bonchev–Trinajstić information content (AvgIpc) is 2.48. The first kappa shape index (κ1) is 15.5. The summed E-state index contributed by atoms with van der Waals surface area (Å²) in [5, 5.41) is 0.513. The van der Waals surface area contributed by atoms with Gasteiger partial charge in [-0.2, -0.15) is 0 Å². The highest BCUT2D eigenvalue weighted by Crippen LogP contribution is 2.21. The molecule has 0 N–H and O–H groups in total. The van der Waals surface area contributed by atoms with E-state index >= 15 is 0 Å². The highest BCUT2D eigenvalue weighted by atomic mass is 127. The van der Waals surface area contributed by atoms with Crippen LogP contribution in [-0.4, -0.2) is 49.7 Å². The van der Waals surface area contributed by atoms with Crippen molar-refractivity contribution in [3.05, 3.63) is 32.4 Å². The Morgan fingerprint density at radius 2 is 2.25 bits per heavy atom. The predicted molar refractivity (Wildman–Crippen MR) is 81.8 cm³/mol. The third kappa shape index (κ3) is 3.24. The lowest BCUT2D eigenvalue weighted by Crippen LogP contribution is -2.53. The Morgan fingerprint density at radius 3 is 2.90 bits per heavy atom. The van der Waals surface area contributed by atoms with Gasteiger partial charge in [-0.3, -0.25) is 4.79 Å². The maximum atomic E-state index is 12.5. The van der Waals surface area contributed by atoms with Crippen molar-refractivity contribution in [2.24, 2.45) is 0 Å². The molecule has 0 spiro atoms. The molecule has 7 heteroatoms. The number of amides is 1. The van der Waals surface area contributed by atoms with Crippen LogP contribution in [0.25, 0.3) is 0 Å². The molecule has 1 aromatic carbocycles. The largest absolute Gasteiger partial charge is 0.467 e. The molecule has 1 aliphatic heterocycles. The number of carbonyl (C=O) groups excluding carboxylic acids is 2. The van der Waals surface area contributed by atoms with Gasteiger partial charge in [-0.05, 0) is 40.8 Å². The van der Waals surface area contributed by atoms with Gasteiger partial charge >= 0.3 is 5.97 Å². The zero-order chi connectivity index (χ0) is 14.7. The minimum atomic E-state index is -0.709. The summed E-state index contributed by atoms with van der Waals surface area (Å²) < 4.78 is 10.8. The second-order valence-electron chi connectivity index (χ2n) is 4.24. The third-order valence-corrected chi connectivity index (χ3v) is 4.60. The topological polar surface area (TPSA) is 55.8 Å². The van der Waals surface area contributed by atoms with E-state index in [2.05, 4.69) is 22.6 Å². The van der Waals surface area contributed by atoms with Crippen LogP contribution < -0.4 is 0 Å². The quantitative estimate of drug-likeness (QED) is 0.553. The predicted octanol–water partition coefficient (Wildman–Crippen LogP) is 1.96. The van der Waals surface area contributed by atoms with Gasteiger partial charge in [0.15, 0.2) is 6.04 Å². The molecule has 1 aliphatic rings. The lowest BCUT2D eigenvalue weighted by atomic mass is 10.1. The normalized spacial score (nSPS) is 18.8. The van der Waals surface area contributed by atoms with Gasteiger partial charge in [0.05, 0.1) is 25.3 Å². The molecule has 1 heterocycles. The molecule has 20 heavy (non-hydrogen) atoms. The summed E-state index contributed by atoms with van der Waals surface area (Å²) in [5.74, 6) is -0.725. The standard InChI is InChI=1S/C13H13ClINO4/c1-19-13(18)11-7-20-5-4-16(11)12(17)8-2-3-10(15)9(14)6-8/h2-3,6,11H,4-5,7H2,1H3. The minimum absolute atomic E-state index is 0.149. The molecule has 5 nitrogen and oxygen atoms in total. The van der Waals surface area contributed by atoms with Crippen molar-refractivity contribution in [3.63, 3.8) is 0 Å². The molecule has 1 amide bonds. The molecule has 1 fully saturated rings. The van der Waals surface area contributed by atoms with Crippen LogP contribution >= 0.6 is 34.2 Å². The van der Waals surface area contributed by atoms with Crippen molar-refractivity contribution in [2.75, 3.05) is 26.9 Å². The van der Waals surface area contributed by atoms with Gasteiger partial charge in [-0.1, -0.05) is 11.6 Å². The number of nitrogens with zero attached hydrogens (tertiary/aromatic N) is 1. The fraction of sp³-hybridized carbons (Fsp3) is 0.385. The molecule has 1 aromatic rings. The Bertz CT molecular complexity index is 537. The number of carbonyl (C=O) groups is 2. The molecule has 0 aliphatic carbocycles. The van der Waals surface area contributed by atoms with E-state index in [-0.39, 0.29) is 12.5 Å². The minimum Gasteiger partial charge on any atom is -0.467 e. The molecule has 1 unspecified atom stereocenters. The van der Waals surface area contributed by atoms with Crippen LogP contribution in [0.4, 0.5) is 0 Å². The number of methoxy groups -OCH3 is 1. The van der Waals surface area contributed by atoms with Crippen LogP contribution in [0.2, 0.25) is 5.02 Å². The summed E-state index contributed by atoms with van der Waals surface area (Å²) in [4.78, 5) is 25.7. The Kier molecular flexibility index (Phi) is 5.22. The lowest BCUT2D eigenvalue weighted by molar-refractivity contribution is -0.151. The molecule has 0 saturated carbocycles.